The summed E-state index contributed by atoms with van der Waals surface area (Å²) >= 11 is 0. The van der Waals surface area contributed by atoms with Crippen LogP contribution < -0.4 is 19.5 Å². The molecule has 0 bridgehead atoms. The van der Waals surface area contributed by atoms with Gasteiger partial charge in [0.2, 0.25) is 0 Å². The van der Waals surface area contributed by atoms with Crippen molar-refractivity contribution in [3.63, 3.8) is 0 Å². The number of fused-ring (bicyclic) bond motifs is 1. The first kappa shape index (κ1) is 22.6. The van der Waals surface area contributed by atoms with Gasteiger partial charge in [-0.1, -0.05) is 54.6 Å². The number of ether oxygens (including phenoxy) is 2. The van der Waals surface area contributed by atoms with E-state index < -0.39 is 10.0 Å². The van der Waals surface area contributed by atoms with Crippen molar-refractivity contribution in [1.82, 2.24) is 5.32 Å². The predicted molar refractivity (Wildman–Crippen MR) is 131 cm³/mol. The van der Waals surface area contributed by atoms with Crippen molar-refractivity contribution in [2.45, 2.75) is 11.4 Å². The summed E-state index contributed by atoms with van der Waals surface area (Å²) in [5.41, 5.74) is 1.48. The number of hydrogen-bond acceptors (Lipinski definition) is 5. The zero-order chi connectivity index (χ0) is 23.1. The molecule has 33 heavy (non-hydrogen) atoms. The minimum atomic E-state index is -3.69. The number of methoxy groups -OCH3 is 1. The SMILES string of the molecule is COc1ccccc1OCCNCc1cccc(NS(=O)(=O)c2ccc3ccccc3c2)c1. The number of hydrogen-bond donors (Lipinski definition) is 2. The lowest BCUT2D eigenvalue weighted by Gasteiger charge is -2.12. The van der Waals surface area contributed by atoms with E-state index in [4.69, 9.17) is 9.47 Å². The molecule has 2 N–H and O–H groups in total. The van der Waals surface area contributed by atoms with Crippen molar-refractivity contribution in [3.8, 4) is 11.5 Å². The highest BCUT2D eigenvalue weighted by atomic mass is 32.2. The fraction of sp³-hybridized carbons (Fsp3) is 0.154. The van der Waals surface area contributed by atoms with Crippen LogP contribution in [0.15, 0.2) is 95.9 Å². The van der Waals surface area contributed by atoms with Gasteiger partial charge < -0.3 is 14.8 Å². The molecule has 0 amide bonds. The Morgan fingerprint density at radius 2 is 1.55 bits per heavy atom. The summed E-state index contributed by atoms with van der Waals surface area (Å²) in [5, 5.41) is 5.19. The smallest absolute Gasteiger partial charge is 0.261 e. The van der Waals surface area contributed by atoms with Gasteiger partial charge in [0, 0.05) is 18.8 Å². The van der Waals surface area contributed by atoms with Gasteiger partial charge in [-0.25, -0.2) is 8.42 Å². The fourth-order valence-corrected chi connectivity index (χ4v) is 4.58. The minimum absolute atomic E-state index is 0.234. The molecule has 0 spiro atoms. The first-order valence-corrected chi connectivity index (χ1v) is 12.1. The van der Waals surface area contributed by atoms with E-state index in [-0.39, 0.29) is 4.90 Å². The normalized spacial score (nSPS) is 11.3. The Balaban J connectivity index is 1.33. The van der Waals surface area contributed by atoms with E-state index in [2.05, 4.69) is 10.0 Å². The lowest BCUT2D eigenvalue weighted by molar-refractivity contribution is 0.292. The molecule has 170 valence electrons. The van der Waals surface area contributed by atoms with Crippen LogP contribution in [0.1, 0.15) is 5.56 Å². The Hall–Kier alpha value is -3.55. The fourth-order valence-electron chi connectivity index (χ4n) is 3.50. The quantitative estimate of drug-likeness (QED) is 0.331. The van der Waals surface area contributed by atoms with Gasteiger partial charge in [0.15, 0.2) is 11.5 Å². The van der Waals surface area contributed by atoms with Gasteiger partial charge >= 0.3 is 0 Å². The van der Waals surface area contributed by atoms with Gasteiger partial charge in [-0.05, 0) is 52.7 Å². The molecule has 0 saturated carbocycles. The number of benzene rings is 4. The largest absolute Gasteiger partial charge is 0.493 e. The highest BCUT2D eigenvalue weighted by Crippen LogP contribution is 2.25. The van der Waals surface area contributed by atoms with Crippen LogP contribution in [0, 0.1) is 0 Å². The number of sulfonamides is 1. The molecule has 0 aliphatic rings. The van der Waals surface area contributed by atoms with Gasteiger partial charge in [0.1, 0.15) is 6.61 Å². The van der Waals surface area contributed by atoms with E-state index >= 15 is 0 Å². The van der Waals surface area contributed by atoms with Crippen molar-refractivity contribution in [2.75, 3.05) is 25.0 Å². The summed E-state index contributed by atoms with van der Waals surface area (Å²) in [6.45, 7) is 1.70. The second-order valence-corrected chi connectivity index (χ2v) is 9.17. The van der Waals surface area contributed by atoms with Gasteiger partial charge in [-0.3, -0.25) is 4.72 Å². The molecule has 0 aliphatic heterocycles. The molecular weight excluding hydrogens is 436 g/mol. The van der Waals surface area contributed by atoms with Crippen molar-refractivity contribution in [1.29, 1.82) is 0 Å². The molecule has 4 rings (SSSR count). The average molecular weight is 463 g/mol. The standard InChI is InChI=1S/C26H26N2O4S/c1-31-25-11-4-5-12-26(25)32-16-15-27-19-20-7-6-10-23(17-20)28-33(29,30)24-14-13-21-8-2-3-9-22(21)18-24/h2-14,17-18,27-28H,15-16,19H2,1H3. The second-order valence-electron chi connectivity index (χ2n) is 7.49. The third-order valence-electron chi connectivity index (χ3n) is 5.15. The van der Waals surface area contributed by atoms with E-state index in [0.29, 0.717) is 36.9 Å². The Labute approximate surface area is 194 Å². The Morgan fingerprint density at radius 1 is 0.788 bits per heavy atom. The second kappa shape index (κ2) is 10.4. The maximum atomic E-state index is 12.9. The highest BCUT2D eigenvalue weighted by molar-refractivity contribution is 7.92. The molecule has 0 aliphatic carbocycles. The van der Waals surface area contributed by atoms with Crippen molar-refractivity contribution in [3.05, 3.63) is 96.6 Å². The van der Waals surface area contributed by atoms with E-state index in [0.717, 1.165) is 16.3 Å². The van der Waals surface area contributed by atoms with Crippen molar-refractivity contribution < 1.29 is 17.9 Å². The van der Waals surface area contributed by atoms with E-state index in [9.17, 15) is 8.42 Å². The summed E-state index contributed by atoms with van der Waals surface area (Å²) < 4.78 is 39.5. The predicted octanol–water partition coefficient (Wildman–Crippen LogP) is 4.82. The van der Waals surface area contributed by atoms with Gasteiger partial charge in [-0.15, -0.1) is 0 Å². The average Bonchev–Trinajstić information content (AvgIpc) is 2.84. The Kier molecular flexibility index (Phi) is 7.12. The Morgan fingerprint density at radius 3 is 2.36 bits per heavy atom. The number of nitrogens with one attached hydrogen (secondary N) is 2. The van der Waals surface area contributed by atoms with Crippen LogP contribution in [-0.4, -0.2) is 28.7 Å². The molecule has 7 heteroatoms. The van der Waals surface area contributed by atoms with Crippen LogP contribution in [0.5, 0.6) is 11.5 Å². The summed E-state index contributed by atoms with van der Waals surface area (Å²) in [5.74, 6) is 1.40. The zero-order valence-corrected chi connectivity index (χ0v) is 19.1. The topological polar surface area (TPSA) is 76.7 Å². The van der Waals surface area contributed by atoms with Crippen LogP contribution in [-0.2, 0) is 16.6 Å². The molecule has 0 unspecified atom stereocenters. The van der Waals surface area contributed by atoms with Crippen LogP contribution in [0.2, 0.25) is 0 Å². The maximum Gasteiger partial charge on any atom is 0.261 e. The van der Waals surface area contributed by atoms with E-state index in [1.54, 1.807) is 25.3 Å². The molecule has 4 aromatic carbocycles. The molecule has 0 saturated heterocycles. The van der Waals surface area contributed by atoms with Gasteiger partial charge in [0.25, 0.3) is 10.0 Å². The molecule has 0 heterocycles. The highest BCUT2D eigenvalue weighted by Gasteiger charge is 2.15. The first-order valence-electron chi connectivity index (χ1n) is 10.6. The van der Waals surface area contributed by atoms with Crippen molar-refractivity contribution in [2.24, 2.45) is 0 Å². The summed E-state index contributed by atoms with van der Waals surface area (Å²) in [6, 6.07) is 27.7. The van der Waals surface area contributed by atoms with Crippen molar-refractivity contribution >= 4 is 26.5 Å². The van der Waals surface area contributed by atoms with E-state index in [1.807, 2.05) is 72.8 Å². The lowest BCUT2D eigenvalue weighted by atomic mass is 10.1. The van der Waals surface area contributed by atoms with E-state index in [1.165, 1.54) is 0 Å². The first-order chi connectivity index (χ1) is 16.0. The summed E-state index contributed by atoms with van der Waals surface area (Å²) in [4.78, 5) is 0.234. The number of anilines is 1. The van der Waals surface area contributed by atoms with Crippen LogP contribution >= 0.6 is 0 Å². The lowest BCUT2D eigenvalue weighted by Crippen LogP contribution is -2.21. The molecule has 0 atom stereocenters. The molecule has 4 aromatic rings. The molecular formula is C26H26N2O4S. The summed E-state index contributed by atoms with van der Waals surface area (Å²) in [6.07, 6.45) is 0. The molecule has 0 fully saturated rings. The molecule has 0 aromatic heterocycles. The third-order valence-corrected chi connectivity index (χ3v) is 6.52. The van der Waals surface area contributed by atoms with Gasteiger partial charge in [-0.2, -0.15) is 0 Å². The van der Waals surface area contributed by atoms with Gasteiger partial charge in [0.05, 0.1) is 12.0 Å². The van der Waals surface area contributed by atoms with Crippen LogP contribution in [0.25, 0.3) is 10.8 Å². The van der Waals surface area contributed by atoms with Crippen LogP contribution in [0.3, 0.4) is 0 Å². The monoisotopic (exact) mass is 462 g/mol. The number of rotatable bonds is 10. The minimum Gasteiger partial charge on any atom is -0.493 e. The molecule has 6 nitrogen and oxygen atoms in total. The zero-order valence-electron chi connectivity index (χ0n) is 18.3. The Bertz CT molecular complexity index is 1340. The molecule has 0 radical (unpaired) electrons. The van der Waals surface area contributed by atoms with Crippen LogP contribution in [0.4, 0.5) is 5.69 Å². The third kappa shape index (κ3) is 5.83. The number of para-hydroxylation sites is 2. The summed E-state index contributed by atoms with van der Waals surface area (Å²) in [7, 11) is -2.08. The maximum absolute atomic E-state index is 12.9.